The zero-order valence-corrected chi connectivity index (χ0v) is 18.1. The van der Waals surface area contributed by atoms with Gasteiger partial charge in [-0.1, -0.05) is 60.7 Å². The fraction of sp³-hybridized carbons (Fsp3) is 0.360. The highest BCUT2D eigenvalue weighted by Gasteiger charge is 2.20. The summed E-state index contributed by atoms with van der Waals surface area (Å²) in [5.41, 5.74) is 3.58. The fourth-order valence-electron chi connectivity index (χ4n) is 4.15. The average molecular weight is 424 g/mol. The predicted octanol–water partition coefficient (Wildman–Crippen LogP) is 4.36. The molecule has 0 amide bonds. The third kappa shape index (κ3) is 6.04. The van der Waals surface area contributed by atoms with Gasteiger partial charge in [0.05, 0.1) is 0 Å². The molecule has 0 N–H and O–H groups in total. The van der Waals surface area contributed by atoms with Crippen LogP contribution in [0.25, 0.3) is 0 Å². The van der Waals surface area contributed by atoms with E-state index in [9.17, 15) is 4.79 Å². The smallest absolute Gasteiger partial charge is 0.269 e. The van der Waals surface area contributed by atoms with Crippen LogP contribution in [0.5, 0.6) is 0 Å². The molecule has 0 unspecified atom stereocenters. The van der Waals surface area contributed by atoms with Gasteiger partial charge in [-0.3, -0.25) is 9.69 Å². The van der Waals surface area contributed by atoms with E-state index >= 15 is 0 Å². The third-order valence-corrected chi connectivity index (χ3v) is 5.90. The Hall–Kier alpha value is -2.43. The summed E-state index contributed by atoms with van der Waals surface area (Å²) in [7, 11) is 0. The lowest BCUT2D eigenvalue weighted by Gasteiger charge is -2.32. The van der Waals surface area contributed by atoms with Crippen LogP contribution in [0, 0.1) is 5.92 Å². The Morgan fingerprint density at radius 1 is 0.833 bits per heavy atom. The van der Waals surface area contributed by atoms with Crippen molar-refractivity contribution in [2.24, 2.45) is 5.92 Å². The first kappa shape index (κ1) is 22.3. The maximum atomic E-state index is 12.9. The Bertz CT molecular complexity index is 951. The van der Waals surface area contributed by atoms with Crippen molar-refractivity contribution in [3.8, 4) is 0 Å². The van der Waals surface area contributed by atoms with Crippen LogP contribution in [-0.4, -0.2) is 27.8 Å². The summed E-state index contributed by atoms with van der Waals surface area (Å²) in [6.45, 7) is 3.92. The van der Waals surface area contributed by atoms with E-state index in [1.54, 1.807) is 10.9 Å². The largest absolute Gasteiger partial charge is 0.299 e. The van der Waals surface area contributed by atoms with E-state index in [2.05, 4.69) is 52.5 Å². The molecule has 0 atom stereocenters. The van der Waals surface area contributed by atoms with Crippen molar-refractivity contribution < 1.29 is 0 Å². The molecule has 158 valence electrons. The molecule has 0 saturated carbocycles. The number of hydrogen-bond donors (Lipinski definition) is 0. The molecule has 1 fully saturated rings. The lowest BCUT2D eigenvalue weighted by atomic mass is 9.96. The van der Waals surface area contributed by atoms with Gasteiger partial charge in [0.15, 0.2) is 0 Å². The first-order chi connectivity index (χ1) is 14.3. The SMILES string of the molecule is Cl.O=c1c(CCc2ccccc2)ccnn1CC1CCN(Cc2ccccc2)CC1. The van der Waals surface area contributed by atoms with Crippen molar-refractivity contribution in [3.05, 3.63) is 100.0 Å². The van der Waals surface area contributed by atoms with Gasteiger partial charge in [-0.25, -0.2) is 4.68 Å². The van der Waals surface area contributed by atoms with Gasteiger partial charge in [0.25, 0.3) is 5.56 Å². The number of aromatic nitrogens is 2. The Balaban J connectivity index is 0.00000256. The molecule has 4 rings (SSSR count). The number of rotatable bonds is 7. The van der Waals surface area contributed by atoms with E-state index in [0.717, 1.165) is 57.4 Å². The molecule has 5 heteroatoms. The van der Waals surface area contributed by atoms with Crippen LogP contribution in [-0.2, 0) is 25.9 Å². The number of halogens is 1. The summed E-state index contributed by atoms with van der Waals surface area (Å²) in [5.74, 6) is 0.525. The second-order valence-electron chi connectivity index (χ2n) is 8.03. The number of benzene rings is 2. The van der Waals surface area contributed by atoms with Crippen LogP contribution in [0.3, 0.4) is 0 Å². The molecule has 4 nitrogen and oxygen atoms in total. The van der Waals surface area contributed by atoms with Crippen molar-refractivity contribution in [2.45, 2.75) is 38.8 Å². The summed E-state index contributed by atoms with van der Waals surface area (Å²) in [6.07, 6.45) is 5.68. The van der Waals surface area contributed by atoms with Crippen LogP contribution < -0.4 is 5.56 Å². The first-order valence-corrected chi connectivity index (χ1v) is 10.6. The average Bonchev–Trinajstić information content (AvgIpc) is 2.77. The molecule has 2 heterocycles. The van der Waals surface area contributed by atoms with E-state index in [-0.39, 0.29) is 18.0 Å². The van der Waals surface area contributed by atoms with Crippen molar-refractivity contribution in [3.63, 3.8) is 0 Å². The standard InChI is InChI=1S/C25H29N3O.ClH/c29-25-24(12-11-21-7-3-1-4-8-21)13-16-26-28(25)20-23-14-17-27(18-15-23)19-22-9-5-2-6-10-22;/h1-10,13,16,23H,11-12,14-15,17-20H2;1H. The molecule has 0 radical (unpaired) electrons. The molecule has 0 bridgehead atoms. The lowest BCUT2D eigenvalue weighted by molar-refractivity contribution is 0.163. The topological polar surface area (TPSA) is 38.1 Å². The molecule has 30 heavy (non-hydrogen) atoms. The van der Waals surface area contributed by atoms with Crippen molar-refractivity contribution in [2.75, 3.05) is 13.1 Å². The van der Waals surface area contributed by atoms with E-state index in [4.69, 9.17) is 0 Å². The molecule has 1 aliphatic rings. The van der Waals surface area contributed by atoms with Crippen molar-refractivity contribution in [1.29, 1.82) is 0 Å². The second-order valence-corrected chi connectivity index (χ2v) is 8.03. The van der Waals surface area contributed by atoms with Crippen LogP contribution in [0.2, 0.25) is 0 Å². The monoisotopic (exact) mass is 423 g/mol. The maximum Gasteiger partial charge on any atom is 0.269 e. The minimum atomic E-state index is 0. The minimum Gasteiger partial charge on any atom is -0.299 e. The molecule has 0 spiro atoms. The van der Waals surface area contributed by atoms with E-state index in [1.165, 1.54) is 11.1 Å². The predicted molar refractivity (Wildman–Crippen MR) is 124 cm³/mol. The van der Waals surface area contributed by atoms with Gasteiger partial charge in [0.2, 0.25) is 0 Å². The zero-order chi connectivity index (χ0) is 19.9. The molecular weight excluding hydrogens is 394 g/mol. The van der Waals surface area contributed by atoms with Gasteiger partial charge in [-0.2, -0.15) is 5.10 Å². The first-order valence-electron chi connectivity index (χ1n) is 10.6. The second kappa shape index (κ2) is 11.1. The van der Waals surface area contributed by atoms with E-state index in [0.29, 0.717) is 5.92 Å². The van der Waals surface area contributed by atoms with Crippen molar-refractivity contribution in [1.82, 2.24) is 14.7 Å². The minimum absolute atomic E-state index is 0. The zero-order valence-electron chi connectivity index (χ0n) is 17.3. The van der Waals surface area contributed by atoms with E-state index < -0.39 is 0 Å². The lowest BCUT2D eigenvalue weighted by Crippen LogP contribution is -2.37. The molecule has 1 aromatic heterocycles. The van der Waals surface area contributed by atoms with Gasteiger partial charge >= 0.3 is 0 Å². The number of aryl methyl sites for hydroxylation is 2. The molecule has 2 aromatic carbocycles. The number of likely N-dealkylation sites (tertiary alicyclic amines) is 1. The van der Waals surface area contributed by atoms with Crippen LogP contribution in [0.1, 0.15) is 29.5 Å². The van der Waals surface area contributed by atoms with Crippen LogP contribution in [0.15, 0.2) is 77.7 Å². The van der Waals surface area contributed by atoms with Crippen LogP contribution >= 0.6 is 12.4 Å². The molecule has 0 aliphatic carbocycles. The number of hydrogen-bond acceptors (Lipinski definition) is 3. The van der Waals surface area contributed by atoms with Gasteiger partial charge in [-0.05, 0) is 61.9 Å². The quantitative estimate of drug-likeness (QED) is 0.566. The fourth-order valence-corrected chi connectivity index (χ4v) is 4.15. The van der Waals surface area contributed by atoms with Crippen molar-refractivity contribution >= 4 is 12.4 Å². The molecule has 1 saturated heterocycles. The van der Waals surface area contributed by atoms with Gasteiger partial charge in [-0.15, -0.1) is 12.4 Å². The Kier molecular flexibility index (Phi) is 8.23. The number of piperidine rings is 1. The number of nitrogens with zero attached hydrogens (tertiary/aromatic N) is 3. The maximum absolute atomic E-state index is 12.9. The molecule has 3 aromatic rings. The molecule has 1 aliphatic heterocycles. The Morgan fingerprint density at radius 3 is 2.13 bits per heavy atom. The highest BCUT2D eigenvalue weighted by molar-refractivity contribution is 5.85. The molecular formula is C25H30ClN3O. The summed E-state index contributed by atoms with van der Waals surface area (Å²) in [4.78, 5) is 15.4. The third-order valence-electron chi connectivity index (χ3n) is 5.90. The van der Waals surface area contributed by atoms with Gasteiger partial charge in [0, 0.05) is 24.8 Å². The highest BCUT2D eigenvalue weighted by Crippen LogP contribution is 2.20. The highest BCUT2D eigenvalue weighted by atomic mass is 35.5. The Labute approximate surface area is 185 Å². The summed E-state index contributed by atoms with van der Waals surface area (Å²) in [6, 6.07) is 22.9. The van der Waals surface area contributed by atoms with E-state index in [1.807, 2.05) is 24.3 Å². The Morgan fingerprint density at radius 2 is 1.47 bits per heavy atom. The van der Waals surface area contributed by atoms with Gasteiger partial charge < -0.3 is 0 Å². The summed E-state index contributed by atoms with van der Waals surface area (Å²) >= 11 is 0. The summed E-state index contributed by atoms with van der Waals surface area (Å²) in [5, 5.41) is 4.37. The van der Waals surface area contributed by atoms with Gasteiger partial charge in [0.1, 0.15) is 0 Å². The summed E-state index contributed by atoms with van der Waals surface area (Å²) < 4.78 is 1.69. The van der Waals surface area contributed by atoms with Crippen LogP contribution in [0.4, 0.5) is 0 Å². The normalized spacial score (nSPS) is 14.9.